The first-order chi connectivity index (χ1) is 14.0. The van der Waals surface area contributed by atoms with E-state index in [4.69, 9.17) is 14.7 Å². The Morgan fingerprint density at radius 2 is 1.66 bits per heavy atom. The quantitative estimate of drug-likeness (QED) is 0.569. The molecule has 0 fully saturated rings. The number of nitrogens with one attached hydrogen (secondary N) is 3. The van der Waals surface area contributed by atoms with Crippen LogP contribution in [0.2, 0.25) is 0 Å². The molecule has 0 heterocycles. The average Bonchev–Trinajstić information content (AvgIpc) is 2.75. The highest BCUT2D eigenvalue weighted by Gasteiger charge is 2.13. The number of carbonyl (C=O) groups is 3. The molecule has 2 aromatic carbocycles. The summed E-state index contributed by atoms with van der Waals surface area (Å²) in [5, 5.41) is 11.2. The maximum absolute atomic E-state index is 12.2. The van der Waals surface area contributed by atoms with Crippen LogP contribution < -0.4 is 25.6 Å². The van der Waals surface area contributed by atoms with Gasteiger partial charge in [-0.1, -0.05) is 12.1 Å². The number of hydrogen-bond acceptors (Lipinski definition) is 6. The molecule has 0 saturated carbocycles. The number of amides is 3. The molecule has 3 N–H and O–H groups in total. The number of benzene rings is 2. The van der Waals surface area contributed by atoms with Gasteiger partial charge in [0, 0.05) is 0 Å². The van der Waals surface area contributed by atoms with Crippen molar-refractivity contribution >= 4 is 17.7 Å². The van der Waals surface area contributed by atoms with Gasteiger partial charge in [-0.3, -0.25) is 25.2 Å². The van der Waals surface area contributed by atoms with Crippen molar-refractivity contribution < 1.29 is 23.9 Å². The summed E-state index contributed by atoms with van der Waals surface area (Å²) in [5.41, 5.74) is 5.13. The predicted octanol–water partition coefficient (Wildman–Crippen LogP) is 0.913. The molecule has 0 bridgehead atoms. The van der Waals surface area contributed by atoms with E-state index in [9.17, 15) is 14.4 Å². The van der Waals surface area contributed by atoms with Crippen LogP contribution in [0.4, 0.5) is 0 Å². The number of hydrazine groups is 1. The van der Waals surface area contributed by atoms with Crippen molar-refractivity contribution in [3.05, 3.63) is 59.7 Å². The Morgan fingerprint density at radius 3 is 2.34 bits per heavy atom. The van der Waals surface area contributed by atoms with E-state index in [0.717, 1.165) is 0 Å². The van der Waals surface area contributed by atoms with Crippen molar-refractivity contribution in [3.63, 3.8) is 0 Å². The van der Waals surface area contributed by atoms with Gasteiger partial charge in [-0.25, -0.2) is 0 Å². The Bertz CT molecular complexity index is 906. The maximum Gasteiger partial charge on any atom is 0.276 e. The summed E-state index contributed by atoms with van der Waals surface area (Å²) in [6.45, 7) is 1.54. The smallest absolute Gasteiger partial charge is 0.276 e. The van der Waals surface area contributed by atoms with Crippen molar-refractivity contribution in [2.75, 3.05) is 19.8 Å². The fraction of sp³-hybridized carbons (Fsp3) is 0.200. The van der Waals surface area contributed by atoms with Crippen LogP contribution >= 0.6 is 0 Å². The first-order valence-corrected chi connectivity index (χ1v) is 8.74. The second-order valence-electron chi connectivity index (χ2n) is 5.63. The molecule has 2 rings (SSSR count). The summed E-state index contributed by atoms with van der Waals surface area (Å²) in [6, 6.07) is 14.9. The van der Waals surface area contributed by atoms with Gasteiger partial charge < -0.3 is 14.8 Å². The summed E-state index contributed by atoms with van der Waals surface area (Å²) in [6.07, 6.45) is 0. The summed E-state index contributed by atoms with van der Waals surface area (Å²) in [4.78, 5) is 35.7. The normalized spacial score (nSPS) is 9.66. The fourth-order valence-electron chi connectivity index (χ4n) is 2.19. The number of carbonyl (C=O) groups excluding carboxylic acids is 3. The first kappa shape index (κ1) is 21.2. The van der Waals surface area contributed by atoms with Gasteiger partial charge in [0.15, 0.2) is 6.61 Å². The zero-order valence-electron chi connectivity index (χ0n) is 15.7. The third-order valence-electron chi connectivity index (χ3n) is 3.54. The second kappa shape index (κ2) is 10.9. The number of para-hydroxylation sites is 1. The van der Waals surface area contributed by atoms with Crippen molar-refractivity contribution in [2.24, 2.45) is 0 Å². The van der Waals surface area contributed by atoms with Gasteiger partial charge in [0.2, 0.25) is 0 Å². The summed E-state index contributed by atoms with van der Waals surface area (Å²) in [5.74, 6) is -0.846. The number of rotatable bonds is 8. The summed E-state index contributed by atoms with van der Waals surface area (Å²) >= 11 is 0. The Balaban J connectivity index is 1.71. The monoisotopic (exact) mass is 396 g/mol. The Kier molecular flexibility index (Phi) is 8.01. The SMILES string of the molecule is CCOc1ccccc1C(=O)NCC(=O)NNC(=O)COc1ccc(C#N)cc1. The lowest BCUT2D eigenvalue weighted by Gasteiger charge is -2.11. The zero-order chi connectivity index (χ0) is 21.1. The van der Waals surface area contributed by atoms with Crippen LogP contribution in [0.15, 0.2) is 48.5 Å². The molecular formula is C20H20N4O5. The molecule has 9 nitrogen and oxygen atoms in total. The summed E-state index contributed by atoms with van der Waals surface area (Å²) in [7, 11) is 0. The molecular weight excluding hydrogens is 376 g/mol. The van der Waals surface area contributed by atoms with Gasteiger partial charge in [-0.15, -0.1) is 0 Å². The predicted molar refractivity (Wildman–Crippen MR) is 103 cm³/mol. The van der Waals surface area contributed by atoms with Gasteiger partial charge in [-0.05, 0) is 43.3 Å². The van der Waals surface area contributed by atoms with Crippen LogP contribution in [-0.2, 0) is 9.59 Å². The van der Waals surface area contributed by atoms with Crippen molar-refractivity contribution in [2.45, 2.75) is 6.92 Å². The largest absolute Gasteiger partial charge is 0.493 e. The highest BCUT2D eigenvalue weighted by atomic mass is 16.5. The molecule has 0 aliphatic heterocycles. The molecule has 0 aliphatic rings. The van der Waals surface area contributed by atoms with E-state index in [2.05, 4.69) is 16.2 Å². The van der Waals surface area contributed by atoms with Crippen LogP contribution in [0.3, 0.4) is 0 Å². The maximum atomic E-state index is 12.2. The fourth-order valence-corrected chi connectivity index (χ4v) is 2.19. The zero-order valence-corrected chi connectivity index (χ0v) is 15.7. The van der Waals surface area contributed by atoms with Gasteiger partial charge in [0.05, 0.1) is 30.3 Å². The third kappa shape index (κ3) is 6.88. The van der Waals surface area contributed by atoms with Gasteiger partial charge in [-0.2, -0.15) is 5.26 Å². The molecule has 0 aliphatic carbocycles. The van der Waals surface area contributed by atoms with E-state index in [1.165, 1.54) is 0 Å². The minimum Gasteiger partial charge on any atom is -0.493 e. The molecule has 0 atom stereocenters. The van der Waals surface area contributed by atoms with Crippen LogP contribution in [0.5, 0.6) is 11.5 Å². The van der Waals surface area contributed by atoms with E-state index >= 15 is 0 Å². The van der Waals surface area contributed by atoms with E-state index in [-0.39, 0.29) is 13.2 Å². The van der Waals surface area contributed by atoms with Crippen LogP contribution in [0.25, 0.3) is 0 Å². The Hall–Kier alpha value is -4.06. The Morgan fingerprint density at radius 1 is 0.966 bits per heavy atom. The van der Waals surface area contributed by atoms with Crippen molar-refractivity contribution in [3.8, 4) is 17.6 Å². The molecule has 9 heteroatoms. The lowest BCUT2D eigenvalue weighted by atomic mass is 10.2. The standard InChI is InChI=1S/C20H20N4O5/c1-2-28-17-6-4-3-5-16(17)20(27)22-12-18(25)23-24-19(26)13-29-15-9-7-14(11-21)8-10-15/h3-10H,2,12-13H2,1H3,(H,22,27)(H,23,25)(H,24,26). The lowest BCUT2D eigenvalue weighted by Crippen LogP contribution is -2.47. The van der Waals surface area contributed by atoms with Gasteiger partial charge in [0.1, 0.15) is 11.5 Å². The highest BCUT2D eigenvalue weighted by molar-refractivity contribution is 5.98. The molecule has 0 unspecified atom stereocenters. The molecule has 29 heavy (non-hydrogen) atoms. The Labute approximate surface area is 167 Å². The first-order valence-electron chi connectivity index (χ1n) is 8.74. The topological polar surface area (TPSA) is 130 Å². The lowest BCUT2D eigenvalue weighted by molar-refractivity contribution is -0.129. The number of ether oxygens (including phenoxy) is 2. The van der Waals surface area contributed by atoms with E-state index in [1.54, 1.807) is 55.5 Å². The number of hydrogen-bond donors (Lipinski definition) is 3. The molecule has 2 aromatic rings. The summed E-state index contributed by atoms with van der Waals surface area (Å²) < 4.78 is 10.6. The number of nitrogens with zero attached hydrogens (tertiary/aromatic N) is 1. The molecule has 0 aromatic heterocycles. The van der Waals surface area contributed by atoms with Crippen LogP contribution in [0.1, 0.15) is 22.8 Å². The highest BCUT2D eigenvalue weighted by Crippen LogP contribution is 2.17. The van der Waals surface area contributed by atoms with E-state index < -0.39 is 17.7 Å². The van der Waals surface area contributed by atoms with Gasteiger partial charge >= 0.3 is 0 Å². The third-order valence-corrected chi connectivity index (χ3v) is 3.54. The van der Waals surface area contributed by atoms with Crippen molar-refractivity contribution in [1.82, 2.24) is 16.2 Å². The van der Waals surface area contributed by atoms with Crippen LogP contribution in [0, 0.1) is 11.3 Å². The number of nitriles is 1. The second-order valence-corrected chi connectivity index (χ2v) is 5.63. The molecule has 0 radical (unpaired) electrons. The van der Waals surface area contributed by atoms with Crippen molar-refractivity contribution in [1.29, 1.82) is 5.26 Å². The molecule has 0 spiro atoms. The molecule has 150 valence electrons. The molecule has 3 amide bonds. The van der Waals surface area contributed by atoms with Gasteiger partial charge in [0.25, 0.3) is 17.7 Å². The van der Waals surface area contributed by atoms with E-state index in [1.807, 2.05) is 6.07 Å². The average molecular weight is 396 g/mol. The van der Waals surface area contributed by atoms with Crippen LogP contribution in [-0.4, -0.2) is 37.5 Å². The minimum absolute atomic E-state index is 0.307. The minimum atomic E-state index is -0.612. The molecule has 0 saturated heterocycles. The van der Waals surface area contributed by atoms with E-state index in [0.29, 0.717) is 29.2 Å².